The number of amides is 3. The van der Waals surface area contributed by atoms with Crippen molar-refractivity contribution in [2.45, 2.75) is 6.61 Å². The molecule has 162 valence electrons. The molecule has 3 aromatic carbocycles. The van der Waals surface area contributed by atoms with Gasteiger partial charge in [-0.3, -0.25) is 4.79 Å². The first kappa shape index (κ1) is 22.7. The number of hydrogen-bond donors (Lipinski definition) is 1. The zero-order valence-corrected chi connectivity index (χ0v) is 20.1. The molecule has 32 heavy (non-hydrogen) atoms. The summed E-state index contributed by atoms with van der Waals surface area (Å²) in [5.74, 6) is 0.131. The van der Waals surface area contributed by atoms with Crippen LogP contribution in [0.1, 0.15) is 11.1 Å². The van der Waals surface area contributed by atoms with Gasteiger partial charge in [0, 0.05) is 20.6 Å². The van der Waals surface area contributed by atoms with Crippen LogP contribution in [0.25, 0.3) is 6.08 Å². The SMILES string of the molecule is O=C1N/C(=C/c2ccc(OCc3ccc(Cl)cc3Cl)c(Br)c2)C(=O)N1c1cccc(Cl)c1. The van der Waals surface area contributed by atoms with Gasteiger partial charge in [0.1, 0.15) is 18.1 Å². The molecule has 0 bridgehead atoms. The molecule has 1 saturated heterocycles. The van der Waals surface area contributed by atoms with E-state index in [2.05, 4.69) is 21.2 Å². The number of imide groups is 1. The van der Waals surface area contributed by atoms with Crippen molar-refractivity contribution in [2.24, 2.45) is 0 Å². The number of rotatable bonds is 5. The van der Waals surface area contributed by atoms with E-state index >= 15 is 0 Å². The summed E-state index contributed by atoms with van der Waals surface area (Å²) < 4.78 is 6.52. The highest BCUT2D eigenvalue weighted by Gasteiger charge is 2.34. The first-order chi connectivity index (χ1) is 15.3. The number of urea groups is 1. The molecule has 0 aromatic heterocycles. The van der Waals surface area contributed by atoms with Gasteiger partial charge in [-0.05, 0) is 70.0 Å². The third-order valence-corrected chi connectivity index (χ3v) is 6.05. The largest absolute Gasteiger partial charge is 0.488 e. The highest BCUT2D eigenvalue weighted by molar-refractivity contribution is 9.10. The molecule has 3 aromatic rings. The molecule has 9 heteroatoms. The van der Waals surface area contributed by atoms with E-state index in [-0.39, 0.29) is 12.3 Å². The zero-order chi connectivity index (χ0) is 22.8. The third-order valence-electron chi connectivity index (χ3n) is 4.61. The lowest BCUT2D eigenvalue weighted by Gasteiger charge is -2.11. The van der Waals surface area contributed by atoms with Crippen molar-refractivity contribution < 1.29 is 14.3 Å². The fourth-order valence-electron chi connectivity index (χ4n) is 3.07. The Kier molecular flexibility index (Phi) is 6.76. The fraction of sp³-hybridized carbons (Fsp3) is 0.0435. The summed E-state index contributed by atoms with van der Waals surface area (Å²) in [5.41, 5.74) is 2.05. The summed E-state index contributed by atoms with van der Waals surface area (Å²) in [6, 6.07) is 16.5. The van der Waals surface area contributed by atoms with E-state index < -0.39 is 11.9 Å². The Morgan fingerprint density at radius 2 is 1.75 bits per heavy atom. The fourth-order valence-corrected chi connectivity index (χ4v) is 4.23. The maximum atomic E-state index is 12.8. The number of ether oxygens (including phenoxy) is 1. The number of halogens is 4. The minimum atomic E-state index is -0.539. The van der Waals surface area contributed by atoms with Crippen LogP contribution in [0.3, 0.4) is 0 Å². The second kappa shape index (κ2) is 9.55. The van der Waals surface area contributed by atoms with Crippen LogP contribution in [-0.2, 0) is 11.4 Å². The Bertz CT molecular complexity index is 1260. The van der Waals surface area contributed by atoms with Gasteiger partial charge < -0.3 is 10.1 Å². The molecule has 3 amide bonds. The first-order valence-corrected chi connectivity index (χ1v) is 11.2. The van der Waals surface area contributed by atoms with Gasteiger partial charge in [-0.2, -0.15) is 0 Å². The Morgan fingerprint density at radius 1 is 0.969 bits per heavy atom. The highest BCUT2D eigenvalue weighted by atomic mass is 79.9. The topological polar surface area (TPSA) is 58.6 Å². The van der Waals surface area contributed by atoms with Gasteiger partial charge in [-0.25, -0.2) is 9.69 Å². The smallest absolute Gasteiger partial charge is 0.333 e. The molecule has 1 fully saturated rings. The number of anilines is 1. The molecule has 1 heterocycles. The zero-order valence-electron chi connectivity index (χ0n) is 16.2. The molecule has 0 aliphatic carbocycles. The lowest BCUT2D eigenvalue weighted by atomic mass is 10.1. The average molecular weight is 553 g/mol. The monoisotopic (exact) mass is 550 g/mol. The van der Waals surface area contributed by atoms with Gasteiger partial charge in [0.2, 0.25) is 0 Å². The van der Waals surface area contributed by atoms with Crippen molar-refractivity contribution in [1.82, 2.24) is 5.32 Å². The van der Waals surface area contributed by atoms with Gasteiger partial charge in [-0.1, -0.05) is 53.0 Å². The summed E-state index contributed by atoms with van der Waals surface area (Å²) in [6.45, 7) is 0.262. The minimum absolute atomic E-state index is 0.156. The van der Waals surface area contributed by atoms with E-state index in [4.69, 9.17) is 39.5 Å². The molecule has 5 nitrogen and oxygen atoms in total. The summed E-state index contributed by atoms with van der Waals surface area (Å²) in [5, 5.41) is 4.10. The van der Waals surface area contributed by atoms with Crippen molar-refractivity contribution in [3.63, 3.8) is 0 Å². The molecule has 0 radical (unpaired) electrons. The van der Waals surface area contributed by atoms with Gasteiger partial charge in [-0.15, -0.1) is 0 Å². The number of benzene rings is 3. The average Bonchev–Trinajstić information content (AvgIpc) is 3.01. The van der Waals surface area contributed by atoms with Gasteiger partial charge in [0.05, 0.1) is 10.2 Å². The Labute approximate surface area is 207 Å². The second-order valence-electron chi connectivity index (χ2n) is 6.82. The summed E-state index contributed by atoms with van der Waals surface area (Å²) in [7, 11) is 0. The second-order valence-corrected chi connectivity index (χ2v) is 8.96. The van der Waals surface area contributed by atoms with Gasteiger partial charge in [0.15, 0.2) is 0 Å². The van der Waals surface area contributed by atoms with Crippen LogP contribution in [0.15, 0.2) is 70.8 Å². The van der Waals surface area contributed by atoms with E-state index in [0.29, 0.717) is 36.5 Å². The van der Waals surface area contributed by atoms with E-state index in [1.807, 2.05) is 0 Å². The molecule has 0 spiro atoms. The normalized spacial score (nSPS) is 14.8. The van der Waals surface area contributed by atoms with Crippen molar-refractivity contribution >= 4 is 74.4 Å². The van der Waals surface area contributed by atoms with E-state index in [9.17, 15) is 9.59 Å². The Hall–Kier alpha value is -2.51. The quantitative estimate of drug-likeness (QED) is 0.272. The van der Waals surface area contributed by atoms with Crippen LogP contribution < -0.4 is 15.0 Å². The van der Waals surface area contributed by atoms with E-state index in [1.165, 1.54) is 0 Å². The molecule has 4 rings (SSSR count). The third kappa shape index (κ3) is 4.94. The van der Waals surface area contributed by atoms with Crippen LogP contribution in [0.4, 0.5) is 10.5 Å². The number of carbonyl (C=O) groups is 2. The molecular weight excluding hydrogens is 539 g/mol. The molecule has 0 unspecified atom stereocenters. The molecule has 0 atom stereocenters. The van der Waals surface area contributed by atoms with Gasteiger partial charge in [0.25, 0.3) is 5.91 Å². The minimum Gasteiger partial charge on any atom is -0.488 e. The number of nitrogens with one attached hydrogen (secondary N) is 1. The molecule has 1 aliphatic rings. The standard InChI is InChI=1S/C23H14BrCl3N2O3/c24-18-8-13(4-7-21(18)32-12-14-5-6-16(26)11-19(14)27)9-20-22(30)29(23(31)28-20)17-3-1-2-15(25)10-17/h1-11H,12H2,(H,28,31)/b20-9+. The maximum absolute atomic E-state index is 12.8. The maximum Gasteiger partial charge on any atom is 0.333 e. The molecule has 0 saturated carbocycles. The molecule has 1 aliphatic heterocycles. The summed E-state index contributed by atoms with van der Waals surface area (Å²) in [4.78, 5) is 26.2. The van der Waals surface area contributed by atoms with Gasteiger partial charge >= 0.3 is 6.03 Å². The lowest BCUT2D eigenvalue weighted by molar-refractivity contribution is -0.113. The van der Waals surface area contributed by atoms with Crippen LogP contribution >= 0.6 is 50.7 Å². The molecular formula is C23H14BrCl3N2O3. The van der Waals surface area contributed by atoms with Crippen LogP contribution in [0.5, 0.6) is 5.75 Å². The van der Waals surface area contributed by atoms with Crippen LogP contribution in [0.2, 0.25) is 15.1 Å². The number of hydrogen-bond acceptors (Lipinski definition) is 3. The summed E-state index contributed by atoms with van der Waals surface area (Å²) in [6.07, 6.45) is 1.59. The van der Waals surface area contributed by atoms with Crippen LogP contribution in [0, 0.1) is 0 Å². The van der Waals surface area contributed by atoms with Crippen molar-refractivity contribution in [3.05, 3.63) is 97.0 Å². The molecule has 1 N–H and O–H groups in total. The van der Waals surface area contributed by atoms with E-state index in [0.717, 1.165) is 10.5 Å². The van der Waals surface area contributed by atoms with E-state index in [1.54, 1.807) is 66.7 Å². The highest BCUT2D eigenvalue weighted by Crippen LogP contribution is 2.30. The predicted molar refractivity (Wildman–Crippen MR) is 130 cm³/mol. The predicted octanol–water partition coefficient (Wildman–Crippen LogP) is 7.09. The number of nitrogens with zero attached hydrogens (tertiary/aromatic N) is 1. The number of carbonyl (C=O) groups excluding carboxylic acids is 2. The van der Waals surface area contributed by atoms with Crippen LogP contribution in [-0.4, -0.2) is 11.9 Å². The lowest BCUT2D eigenvalue weighted by Crippen LogP contribution is -2.30. The summed E-state index contributed by atoms with van der Waals surface area (Å²) >= 11 is 21.6. The van der Waals surface area contributed by atoms with Crippen molar-refractivity contribution in [2.75, 3.05) is 4.90 Å². The first-order valence-electron chi connectivity index (χ1n) is 9.31. The Morgan fingerprint density at radius 3 is 2.47 bits per heavy atom. The van der Waals surface area contributed by atoms with Crippen molar-refractivity contribution in [3.8, 4) is 5.75 Å². The Balaban J connectivity index is 1.50. The van der Waals surface area contributed by atoms with Crippen molar-refractivity contribution in [1.29, 1.82) is 0 Å².